The Morgan fingerprint density at radius 1 is 1.33 bits per heavy atom. The third-order valence-corrected chi connectivity index (χ3v) is 4.99. The molecule has 2 amide bonds. The highest BCUT2D eigenvalue weighted by Crippen LogP contribution is 2.26. The van der Waals surface area contributed by atoms with E-state index in [1.807, 2.05) is 24.3 Å². The van der Waals surface area contributed by atoms with Crippen LogP contribution in [0.5, 0.6) is 0 Å². The molecule has 2 rings (SSSR count). The summed E-state index contributed by atoms with van der Waals surface area (Å²) in [4.78, 5) is 11.6. The Bertz CT molecular complexity index is 461. The number of urea groups is 1. The van der Waals surface area contributed by atoms with Crippen LogP contribution >= 0.6 is 23.4 Å². The molecule has 1 aromatic rings. The second-order valence-corrected chi connectivity index (χ2v) is 6.91. The zero-order valence-corrected chi connectivity index (χ0v) is 13.5. The zero-order valence-electron chi connectivity index (χ0n) is 11.9. The lowest BCUT2D eigenvalue weighted by atomic mass is 10.0. The summed E-state index contributed by atoms with van der Waals surface area (Å²) in [6.45, 7) is 0.935. The summed E-state index contributed by atoms with van der Waals surface area (Å²) < 4.78 is 0. The average molecular weight is 329 g/mol. The van der Waals surface area contributed by atoms with Crippen molar-refractivity contribution in [2.45, 2.75) is 24.9 Å². The quantitative estimate of drug-likeness (QED) is 0.703. The number of carbonyl (C=O) groups excluding carboxylic acids is 1. The van der Waals surface area contributed by atoms with E-state index < -0.39 is 5.60 Å². The first-order valence-corrected chi connectivity index (χ1v) is 8.67. The lowest BCUT2D eigenvalue weighted by Crippen LogP contribution is -2.46. The lowest BCUT2D eigenvalue weighted by molar-refractivity contribution is 0.0700. The van der Waals surface area contributed by atoms with E-state index in [0.717, 1.165) is 30.0 Å². The minimum atomic E-state index is -0.731. The fraction of sp³-hybridized carbons (Fsp3) is 0.533. The second-order valence-electron chi connectivity index (χ2n) is 5.37. The Kier molecular flexibility index (Phi) is 6.21. The van der Waals surface area contributed by atoms with Gasteiger partial charge in [-0.2, -0.15) is 11.8 Å². The molecule has 1 fully saturated rings. The fourth-order valence-electron chi connectivity index (χ4n) is 2.19. The fourth-order valence-corrected chi connectivity index (χ4v) is 3.61. The summed E-state index contributed by atoms with van der Waals surface area (Å²) in [5.41, 5.74) is 0.476. The van der Waals surface area contributed by atoms with Gasteiger partial charge in [-0.1, -0.05) is 23.7 Å². The molecule has 1 aromatic carbocycles. The number of halogens is 1. The first-order valence-electron chi connectivity index (χ1n) is 7.14. The predicted octanol–water partition coefficient (Wildman–Crippen LogP) is 2.44. The number of aryl methyl sites for hydroxylation is 1. The third-order valence-electron chi connectivity index (χ3n) is 3.50. The van der Waals surface area contributed by atoms with E-state index in [0.29, 0.717) is 18.8 Å². The van der Waals surface area contributed by atoms with Crippen LogP contribution in [0.3, 0.4) is 0 Å². The van der Waals surface area contributed by atoms with Gasteiger partial charge in [0.15, 0.2) is 0 Å². The van der Waals surface area contributed by atoms with Gasteiger partial charge in [-0.05, 0) is 42.7 Å². The maximum atomic E-state index is 11.6. The number of thioether (sulfide) groups is 1. The first kappa shape index (κ1) is 16.5. The van der Waals surface area contributed by atoms with Gasteiger partial charge in [0.05, 0.1) is 5.60 Å². The Morgan fingerprint density at radius 3 is 2.76 bits per heavy atom. The van der Waals surface area contributed by atoms with Crippen LogP contribution in [-0.4, -0.2) is 41.3 Å². The molecule has 1 aliphatic heterocycles. The largest absolute Gasteiger partial charge is 0.387 e. The van der Waals surface area contributed by atoms with E-state index in [2.05, 4.69) is 10.6 Å². The molecular formula is C15H21ClN2O2S. The molecule has 0 aliphatic carbocycles. The van der Waals surface area contributed by atoms with Gasteiger partial charge in [0.1, 0.15) is 0 Å². The molecule has 21 heavy (non-hydrogen) atoms. The van der Waals surface area contributed by atoms with Crippen LogP contribution in [0.1, 0.15) is 18.4 Å². The number of benzene rings is 1. The molecule has 0 aromatic heterocycles. The van der Waals surface area contributed by atoms with Crippen molar-refractivity contribution in [3.63, 3.8) is 0 Å². The van der Waals surface area contributed by atoms with Crippen LogP contribution < -0.4 is 10.6 Å². The number of hydrogen-bond donors (Lipinski definition) is 3. The smallest absolute Gasteiger partial charge is 0.314 e. The monoisotopic (exact) mass is 328 g/mol. The first-order chi connectivity index (χ1) is 10.1. The van der Waals surface area contributed by atoms with Crippen LogP contribution in [0.15, 0.2) is 24.3 Å². The highest BCUT2D eigenvalue weighted by Gasteiger charge is 2.31. The molecule has 1 aliphatic rings. The van der Waals surface area contributed by atoms with Crippen molar-refractivity contribution in [3.8, 4) is 0 Å². The predicted molar refractivity (Wildman–Crippen MR) is 88.1 cm³/mol. The summed E-state index contributed by atoms with van der Waals surface area (Å²) in [7, 11) is 0. The molecule has 6 heteroatoms. The highest BCUT2D eigenvalue weighted by atomic mass is 35.5. The molecule has 1 heterocycles. The van der Waals surface area contributed by atoms with Crippen molar-refractivity contribution < 1.29 is 9.90 Å². The summed E-state index contributed by atoms with van der Waals surface area (Å²) in [6.07, 6.45) is 2.52. The molecule has 3 N–H and O–H groups in total. The van der Waals surface area contributed by atoms with E-state index in [-0.39, 0.29) is 6.03 Å². The van der Waals surface area contributed by atoms with Gasteiger partial charge in [0.2, 0.25) is 0 Å². The molecule has 0 spiro atoms. The van der Waals surface area contributed by atoms with Crippen LogP contribution in [0, 0.1) is 0 Å². The Labute approximate surface area is 134 Å². The topological polar surface area (TPSA) is 61.4 Å². The standard InChI is InChI=1S/C15H21ClN2O2S/c16-13-5-3-12(4-6-13)2-1-8-17-14(19)18-10-15(20)7-9-21-11-15/h3-6,20H,1-2,7-11H2,(H2,17,18,19)/t15-/m0/s1. The van der Waals surface area contributed by atoms with Gasteiger partial charge >= 0.3 is 6.03 Å². The van der Waals surface area contributed by atoms with E-state index in [1.54, 1.807) is 11.8 Å². The van der Waals surface area contributed by atoms with Crippen LogP contribution in [0.25, 0.3) is 0 Å². The van der Waals surface area contributed by atoms with Gasteiger partial charge in [0, 0.05) is 23.9 Å². The van der Waals surface area contributed by atoms with Gasteiger partial charge in [-0.3, -0.25) is 0 Å². The van der Waals surface area contributed by atoms with Gasteiger partial charge in [-0.15, -0.1) is 0 Å². The van der Waals surface area contributed by atoms with Gasteiger partial charge in [0.25, 0.3) is 0 Å². The molecule has 0 saturated carbocycles. The maximum absolute atomic E-state index is 11.6. The second kappa shape index (κ2) is 7.92. The SMILES string of the molecule is O=C(NCCCc1ccc(Cl)cc1)NC[C@@]1(O)CCSC1. The van der Waals surface area contributed by atoms with Gasteiger partial charge < -0.3 is 15.7 Å². The number of rotatable bonds is 6. The van der Waals surface area contributed by atoms with Crippen molar-refractivity contribution in [2.24, 2.45) is 0 Å². The van der Waals surface area contributed by atoms with E-state index in [4.69, 9.17) is 11.6 Å². The molecule has 116 valence electrons. The van der Waals surface area contributed by atoms with Crippen LogP contribution in [0.2, 0.25) is 5.02 Å². The molecule has 4 nitrogen and oxygen atoms in total. The average Bonchev–Trinajstić information content (AvgIpc) is 2.91. The normalized spacial score (nSPS) is 21.2. The molecular weight excluding hydrogens is 308 g/mol. The summed E-state index contributed by atoms with van der Waals surface area (Å²) >= 11 is 7.55. The zero-order chi connectivity index (χ0) is 15.1. The number of hydrogen-bond acceptors (Lipinski definition) is 3. The Hall–Kier alpha value is -0.910. The van der Waals surface area contributed by atoms with E-state index in [9.17, 15) is 9.90 Å². The third kappa shape index (κ3) is 5.77. The molecule has 1 saturated heterocycles. The van der Waals surface area contributed by atoms with Crippen molar-refractivity contribution in [1.82, 2.24) is 10.6 Å². The maximum Gasteiger partial charge on any atom is 0.314 e. The molecule has 0 bridgehead atoms. The minimum Gasteiger partial charge on any atom is -0.387 e. The summed E-state index contributed by atoms with van der Waals surface area (Å²) in [5, 5.41) is 16.4. The number of carbonyl (C=O) groups is 1. The lowest BCUT2D eigenvalue weighted by Gasteiger charge is -2.21. The highest BCUT2D eigenvalue weighted by molar-refractivity contribution is 7.99. The number of aliphatic hydroxyl groups is 1. The number of nitrogens with one attached hydrogen (secondary N) is 2. The van der Waals surface area contributed by atoms with Gasteiger partial charge in [-0.25, -0.2) is 4.79 Å². The Balaban J connectivity index is 1.57. The summed E-state index contributed by atoms with van der Waals surface area (Å²) in [6, 6.07) is 7.52. The van der Waals surface area contributed by atoms with Crippen molar-refractivity contribution in [3.05, 3.63) is 34.9 Å². The number of amides is 2. The summed E-state index contributed by atoms with van der Waals surface area (Å²) in [5.74, 6) is 1.66. The molecule has 0 radical (unpaired) electrons. The van der Waals surface area contributed by atoms with Crippen LogP contribution in [-0.2, 0) is 6.42 Å². The minimum absolute atomic E-state index is 0.212. The van der Waals surface area contributed by atoms with Crippen molar-refractivity contribution in [1.29, 1.82) is 0 Å². The molecule has 1 atom stereocenters. The van der Waals surface area contributed by atoms with E-state index in [1.165, 1.54) is 5.56 Å². The molecule has 0 unspecified atom stereocenters. The Morgan fingerprint density at radius 2 is 2.10 bits per heavy atom. The van der Waals surface area contributed by atoms with Crippen LogP contribution in [0.4, 0.5) is 4.79 Å². The van der Waals surface area contributed by atoms with E-state index >= 15 is 0 Å². The van der Waals surface area contributed by atoms with Crippen molar-refractivity contribution >= 4 is 29.4 Å². The van der Waals surface area contributed by atoms with Crippen molar-refractivity contribution in [2.75, 3.05) is 24.6 Å².